The molecule has 0 spiro atoms. The molecule has 0 aromatic heterocycles. The highest BCUT2D eigenvalue weighted by atomic mass is 16.5. The molecular weight excluding hydrogens is 404 g/mol. The van der Waals surface area contributed by atoms with E-state index in [9.17, 15) is 9.59 Å². The van der Waals surface area contributed by atoms with Gasteiger partial charge in [-0.1, -0.05) is 18.2 Å². The molecule has 0 radical (unpaired) electrons. The lowest BCUT2D eigenvalue weighted by molar-refractivity contribution is -0.138. The molecule has 1 aliphatic carbocycles. The normalized spacial score (nSPS) is 18.2. The summed E-state index contributed by atoms with van der Waals surface area (Å²) in [4.78, 5) is 24.4. The number of anilines is 2. The Bertz CT molecular complexity index is 954. The third-order valence-corrected chi connectivity index (χ3v) is 5.54. The number of benzene rings is 2. The Morgan fingerprint density at radius 3 is 2.28 bits per heavy atom. The molecule has 0 aliphatic heterocycles. The van der Waals surface area contributed by atoms with Gasteiger partial charge in [-0.2, -0.15) is 0 Å². The van der Waals surface area contributed by atoms with Crippen LogP contribution < -0.4 is 11.5 Å². The molecule has 1 aliphatic rings. The molecule has 6 nitrogen and oxygen atoms in total. The standard InChI is InChI=1S/C26H30N2O4/c1-2-3-18-6-11-24(12-7-18)32-26(30)21-9-4-19(5-10-21)8-13-25(29)31-17-20-14-22(27)16-23(28)15-20/h2,4-5,8-10,13-16,18,24H,1,3,6-7,11-12,17,27-28H2/b13-8+. The van der Waals surface area contributed by atoms with Crippen molar-refractivity contribution >= 4 is 29.4 Å². The van der Waals surface area contributed by atoms with Gasteiger partial charge in [0.15, 0.2) is 0 Å². The number of hydrogen-bond donors (Lipinski definition) is 2. The van der Waals surface area contributed by atoms with Gasteiger partial charge in [-0.05, 0) is 85.6 Å². The van der Waals surface area contributed by atoms with E-state index in [1.54, 1.807) is 48.5 Å². The van der Waals surface area contributed by atoms with E-state index < -0.39 is 5.97 Å². The molecule has 4 N–H and O–H groups in total. The summed E-state index contributed by atoms with van der Waals surface area (Å²) >= 11 is 0. The molecule has 0 heterocycles. The van der Waals surface area contributed by atoms with Crippen molar-refractivity contribution in [1.82, 2.24) is 0 Å². The lowest BCUT2D eigenvalue weighted by Gasteiger charge is -2.27. The van der Waals surface area contributed by atoms with E-state index in [-0.39, 0.29) is 18.7 Å². The summed E-state index contributed by atoms with van der Waals surface area (Å²) < 4.78 is 10.9. The molecule has 1 fully saturated rings. The summed E-state index contributed by atoms with van der Waals surface area (Å²) in [5.74, 6) is -0.140. The van der Waals surface area contributed by atoms with Crippen molar-refractivity contribution < 1.29 is 19.1 Å². The van der Waals surface area contributed by atoms with E-state index in [1.807, 2.05) is 6.08 Å². The molecule has 0 atom stereocenters. The van der Waals surface area contributed by atoms with Gasteiger partial charge < -0.3 is 20.9 Å². The molecular formula is C26H30N2O4. The first-order chi connectivity index (χ1) is 15.4. The minimum absolute atomic E-state index is 0.0202. The maximum atomic E-state index is 12.4. The van der Waals surface area contributed by atoms with Gasteiger partial charge in [0.2, 0.25) is 0 Å². The predicted octanol–water partition coefficient (Wildman–Crippen LogP) is 4.90. The van der Waals surface area contributed by atoms with Gasteiger partial charge >= 0.3 is 11.9 Å². The first kappa shape index (κ1) is 23.1. The molecule has 2 aromatic carbocycles. The fourth-order valence-corrected chi connectivity index (χ4v) is 3.87. The van der Waals surface area contributed by atoms with Gasteiger partial charge in [0.05, 0.1) is 5.56 Å². The van der Waals surface area contributed by atoms with E-state index >= 15 is 0 Å². The second-order valence-electron chi connectivity index (χ2n) is 8.14. The van der Waals surface area contributed by atoms with Crippen LogP contribution in [0.2, 0.25) is 0 Å². The second kappa shape index (κ2) is 11.2. The first-order valence-electron chi connectivity index (χ1n) is 10.8. The van der Waals surface area contributed by atoms with Crippen LogP contribution in [0.4, 0.5) is 11.4 Å². The topological polar surface area (TPSA) is 105 Å². The highest BCUT2D eigenvalue weighted by Crippen LogP contribution is 2.29. The zero-order valence-corrected chi connectivity index (χ0v) is 18.2. The summed E-state index contributed by atoms with van der Waals surface area (Å²) in [5.41, 5.74) is 14.5. The Labute approximate surface area is 188 Å². The van der Waals surface area contributed by atoms with Crippen LogP contribution in [0.5, 0.6) is 0 Å². The van der Waals surface area contributed by atoms with Crippen molar-refractivity contribution in [2.75, 3.05) is 11.5 Å². The van der Waals surface area contributed by atoms with E-state index in [0.29, 0.717) is 22.9 Å². The average molecular weight is 435 g/mol. The third-order valence-electron chi connectivity index (χ3n) is 5.54. The van der Waals surface area contributed by atoms with Crippen LogP contribution in [0.15, 0.2) is 61.2 Å². The van der Waals surface area contributed by atoms with Gasteiger partial charge in [0.25, 0.3) is 0 Å². The first-order valence-corrected chi connectivity index (χ1v) is 10.8. The van der Waals surface area contributed by atoms with Crippen molar-refractivity contribution in [2.24, 2.45) is 5.92 Å². The number of nitrogens with two attached hydrogens (primary N) is 2. The van der Waals surface area contributed by atoms with E-state index in [0.717, 1.165) is 43.2 Å². The Balaban J connectivity index is 1.46. The number of rotatable bonds is 8. The van der Waals surface area contributed by atoms with Gasteiger partial charge in [0.1, 0.15) is 12.7 Å². The quantitative estimate of drug-likeness (QED) is 0.265. The predicted molar refractivity (Wildman–Crippen MR) is 127 cm³/mol. The second-order valence-corrected chi connectivity index (χ2v) is 8.14. The molecule has 1 saturated carbocycles. The van der Waals surface area contributed by atoms with Gasteiger partial charge in [-0.3, -0.25) is 0 Å². The molecule has 0 unspecified atom stereocenters. The van der Waals surface area contributed by atoms with Crippen molar-refractivity contribution in [3.63, 3.8) is 0 Å². The SMILES string of the molecule is C=CCC1CCC(OC(=O)c2ccc(/C=C/C(=O)OCc3cc(N)cc(N)c3)cc2)CC1. The minimum atomic E-state index is -0.485. The van der Waals surface area contributed by atoms with Crippen LogP contribution in [0.3, 0.4) is 0 Å². The van der Waals surface area contributed by atoms with E-state index in [1.165, 1.54) is 6.08 Å². The highest BCUT2D eigenvalue weighted by Gasteiger charge is 2.23. The monoisotopic (exact) mass is 434 g/mol. The van der Waals surface area contributed by atoms with Crippen molar-refractivity contribution in [1.29, 1.82) is 0 Å². The summed E-state index contributed by atoms with van der Waals surface area (Å²) in [6.45, 7) is 3.88. The zero-order valence-electron chi connectivity index (χ0n) is 18.2. The molecule has 3 rings (SSSR count). The summed E-state index contributed by atoms with van der Waals surface area (Å²) in [5, 5.41) is 0. The maximum absolute atomic E-state index is 12.4. The number of allylic oxidation sites excluding steroid dienone is 1. The highest BCUT2D eigenvalue weighted by molar-refractivity contribution is 5.90. The lowest BCUT2D eigenvalue weighted by atomic mass is 9.85. The molecule has 32 heavy (non-hydrogen) atoms. The van der Waals surface area contributed by atoms with Gasteiger partial charge in [0, 0.05) is 17.5 Å². The Morgan fingerprint density at radius 1 is 1.00 bits per heavy atom. The van der Waals surface area contributed by atoms with Crippen molar-refractivity contribution in [3.8, 4) is 0 Å². The molecule has 168 valence electrons. The van der Waals surface area contributed by atoms with Crippen LogP contribution in [0.1, 0.15) is 53.6 Å². The Morgan fingerprint density at radius 2 is 1.66 bits per heavy atom. The number of hydrogen-bond acceptors (Lipinski definition) is 6. The fourth-order valence-electron chi connectivity index (χ4n) is 3.87. The molecule has 6 heteroatoms. The average Bonchev–Trinajstić information content (AvgIpc) is 2.77. The third kappa shape index (κ3) is 7.01. The van der Waals surface area contributed by atoms with Gasteiger partial charge in [-0.25, -0.2) is 9.59 Å². The number of carbonyl (C=O) groups is 2. The summed E-state index contributed by atoms with van der Waals surface area (Å²) in [6, 6.07) is 12.0. The minimum Gasteiger partial charge on any atom is -0.459 e. The number of esters is 2. The molecule has 0 saturated heterocycles. The maximum Gasteiger partial charge on any atom is 0.338 e. The van der Waals surface area contributed by atoms with Crippen LogP contribution in [-0.4, -0.2) is 18.0 Å². The Hall–Kier alpha value is -3.54. The number of nitrogen functional groups attached to an aromatic ring is 2. The number of ether oxygens (including phenoxy) is 2. The van der Waals surface area contributed by atoms with Crippen molar-refractivity contribution in [2.45, 2.75) is 44.8 Å². The van der Waals surface area contributed by atoms with Gasteiger partial charge in [-0.15, -0.1) is 6.58 Å². The Kier molecular flexibility index (Phi) is 8.08. The van der Waals surface area contributed by atoms with Crippen LogP contribution in [0.25, 0.3) is 6.08 Å². The van der Waals surface area contributed by atoms with E-state index in [2.05, 4.69) is 6.58 Å². The molecule has 2 aromatic rings. The molecule has 0 bridgehead atoms. The molecule has 0 amide bonds. The van der Waals surface area contributed by atoms with E-state index in [4.69, 9.17) is 20.9 Å². The summed E-state index contributed by atoms with van der Waals surface area (Å²) in [7, 11) is 0. The van der Waals surface area contributed by atoms with Crippen LogP contribution in [0, 0.1) is 5.92 Å². The largest absolute Gasteiger partial charge is 0.459 e. The van der Waals surface area contributed by atoms with Crippen LogP contribution in [-0.2, 0) is 20.9 Å². The smallest absolute Gasteiger partial charge is 0.338 e. The van der Waals surface area contributed by atoms with Crippen LogP contribution >= 0.6 is 0 Å². The zero-order chi connectivity index (χ0) is 22.9. The van der Waals surface area contributed by atoms with Crippen molar-refractivity contribution in [3.05, 3.63) is 77.9 Å². The summed E-state index contributed by atoms with van der Waals surface area (Å²) in [6.07, 6.45) is 9.86. The number of carbonyl (C=O) groups excluding carboxylic acids is 2. The lowest BCUT2D eigenvalue weighted by Crippen LogP contribution is -2.24. The fraction of sp³-hybridized carbons (Fsp3) is 0.308.